The van der Waals surface area contributed by atoms with Gasteiger partial charge < -0.3 is 4.90 Å². The second kappa shape index (κ2) is 7.93. The Balaban J connectivity index is 1.66. The van der Waals surface area contributed by atoms with Gasteiger partial charge in [0.2, 0.25) is 0 Å². The third-order valence-electron chi connectivity index (χ3n) is 3.06. The molecule has 0 saturated carbocycles. The minimum absolute atomic E-state index is 0.224. The van der Waals surface area contributed by atoms with E-state index < -0.39 is 0 Å². The van der Waals surface area contributed by atoms with Gasteiger partial charge in [0.05, 0.1) is 0 Å². The Labute approximate surface area is 132 Å². The number of thioether (sulfide) groups is 3. The van der Waals surface area contributed by atoms with E-state index in [0.717, 1.165) is 47.8 Å². The summed E-state index contributed by atoms with van der Waals surface area (Å²) in [5.74, 6) is 1.93. The number of amides is 1. The van der Waals surface area contributed by atoms with Gasteiger partial charge in [-0.15, -0.1) is 30.1 Å². The standard InChI is InChI=1S/C12H18N2OS4/c1-2-3-13-4-6-14(7-5-13)11(15)17-8-10-9-18-12(16)19-10/h2,10H,1,3-9H2. The number of thiocarbonyl (C=S) groups is 1. The van der Waals surface area contributed by atoms with E-state index >= 15 is 0 Å². The Bertz CT molecular complexity index is 356. The van der Waals surface area contributed by atoms with Crippen molar-refractivity contribution < 1.29 is 4.79 Å². The normalized spacial score (nSPS) is 24.7. The third kappa shape index (κ3) is 4.97. The molecule has 0 aromatic heterocycles. The summed E-state index contributed by atoms with van der Waals surface area (Å²) in [4.78, 5) is 16.4. The van der Waals surface area contributed by atoms with Crippen LogP contribution in [0.3, 0.4) is 0 Å². The van der Waals surface area contributed by atoms with Crippen LogP contribution in [-0.2, 0) is 0 Å². The Hall–Kier alpha value is 0.310. The molecule has 0 radical (unpaired) electrons. The fourth-order valence-corrected chi connectivity index (χ4v) is 6.12. The maximum absolute atomic E-state index is 12.1. The average molecular weight is 335 g/mol. The summed E-state index contributed by atoms with van der Waals surface area (Å²) in [5.41, 5.74) is 0. The first-order valence-electron chi connectivity index (χ1n) is 6.27. The molecule has 3 nitrogen and oxygen atoms in total. The molecule has 0 N–H and O–H groups in total. The lowest BCUT2D eigenvalue weighted by molar-refractivity contribution is 0.163. The molecule has 0 spiro atoms. The summed E-state index contributed by atoms with van der Waals surface area (Å²) in [5, 5.41) is 0.732. The first kappa shape index (κ1) is 15.7. The van der Waals surface area contributed by atoms with Gasteiger partial charge in [0, 0.05) is 49.5 Å². The second-order valence-electron chi connectivity index (χ2n) is 4.45. The van der Waals surface area contributed by atoms with Crippen molar-refractivity contribution >= 4 is 56.3 Å². The largest absolute Gasteiger partial charge is 0.331 e. The maximum Gasteiger partial charge on any atom is 0.281 e. The van der Waals surface area contributed by atoms with Crippen molar-refractivity contribution in [3.63, 3.8) is 0 Å². The Morgan fingerprint density at radius 3 is 2.79 bits per heavy atom. The van der Waals surface area contributed by atoms with E-state index in [2.05, 4.69) is 11.5 Å². The SMILES string of the molecule is C=CCN1CCN(C(=O)SCC2CSC(=S)S2)CC1. The van der Waals surface area contributed by atoms with E-state index in [0.29, 0.717) is 5.25 Å². The highest BCUT2D eigenvalue weighted by Gasteiger charge is 2.25. The van der Waals surface area contributed by atoms with Crippen molar-refractivity contribution in [3.8, 4) is 0 Å². The van der Waals surface area contributed by atoms with Crippen LogP contribution in [0.1, 0.15) is 0 Å². The van der Waals surface area contributed by atoms with Crippen molar-refractivity contribution in [1.82, 2.24) is 9.80 Å². The number of carbonyl (C=O) groups excluding carboxylic acids is 1. The van der Waals surface area contributed by atoms with Crippen LogP contribution in [0.2, 0.25) is 0 Å². The molecule has 2 rings (SSSR count). The minimum atomic E-state index is 0.224. The smallest absolute Gasteiger partial charge is 0.281 e. The summed E-state index contributed by atoms with van der Waals surface area (Å²) in [6, 6.07) is 0. The summed E-state index contributed by atoms with van der Waals surface area (Å²) in [6.07, 6.45) is 1.92. The monoisotopic (exact) mass is 334 g/mol. The number of rotatable bonds is 4. The maximum atomic E-state index is 12.1. The van der Waals surface area contributed by atoms with Gasteiger partial charge in [-0.1, -0.05) is 30.1 Å². The molecule has 0 aromatic rings. The molecule has 1 atom stereocenters. The van der Waals surface area contributed by atoms with E-state index in [1.807, 2.05) is 11.0 Å². The van der Waals surface area contributed by atoms with Crippen molar-refractivity contribution in [1.29, 1.82) is 0 Å². The fraction of sp³-hybridized carbons (Fsp3) is 0.667. The van der Waals surface area contributed by atoms with Crippen LogP contribution < -0.4 is 0 Å². The first-order chi connectivity index (χ1) is 9.19. The van der Waals surface area contributed by atoms with Crippen molar-refractivity contribution in [2.75, 3.05) is 44.2 Å². The van der Waals surface area contributed by atoms with Crippen molar-refractivity contribution in [2.45, 2.75) is 5.25 Å². The van der Waals surface area contributed by atoms with E-state index in [1.54, 1.807) is 23.5 Å². The van der Waals surface area contributed by atoms with Crippen molar-refractivity contribution in [2.24, 2.45) is 0 Å². The van der Waals surface area contributed by atoms with Gasteiger partial charge in [-0.05, 0) is 0 Å². The molecule has 1 unspecified atom stereocenters. The molecule has 0 aliphatic carbocycles. The summed E-state index contributed by atoms with van der Waals surface area (Å²) < 4.78 is 1.02. The van der Waals surface area contributed by atoms with Gasteiger partial charge in [-0.2, -0.15) is 0 Å². The lowest BCUT2D eigenvalue weighted by Gasteiger charge is -2.33. The van der Waals surface area contributed by atoms with E-state index in [1.165, 1.54) is 11.8 Å². The van der Waals surface area contributed by atoms with E-state index in [9.17, 15) is 4.79 Å². The van der Waals surface area contributed by atoms with Crippen LogP contribution in [0.15, 0.2) is 12.7 Å². The fourth-order valence-electron chi connectivity index (χ4n) is 2.00. The molecule has 1 amide bonds. The quantitative estimate of drug-likeness (QED) is 0.579. The van der Waals surface area contributed by atoms with Crippen LogP contribution >= 0.6 is 47.5 Å². The van der Waals surface area contributed by atoms with Crippen LogP contribution in [-0.4, -0.2) is 68.0 Å². The number of piperazine rings is 1. The third-order valence-corrected chi connectivity index (χ3v) is 7.50. The molecule has 2 aliphatic heterocycles. The number of nitrogens with zero attached hydrogens (tertiary/aromatic N) is 2. The van der Waals surface area contributed by atoms with Gasteiger partial charge in [0.15, 0.2) is 0 Å². The number of hydrogen-bond donors (Lipinski definition) is 0. The zero-order valence-electron chi connectivity index (χ0n) is 10.7. The summed E-state index contributed by atoms with van der Waals surface area (Å²) >= 11 is 10.1. The molecule has 7 heteroatoms. The molecule has 19 heavy (non-hydrogen) atoms. The van der Waals surface area contributed by atoms with Crippen LogP contribution in [0.5, 0.6) is 0 Å². The highest BCUT2D eigenvalue weighted by Crippen LogP contribution is 2.35. The van der Waals surface area contributed by atoms with Crippen molar-refractivity contribution in [3.05, 3.63) is 12.7 Å². The Kier molecular flexibility index (Phi) is 6.55. The Morgan fingerprint density at radius 1 is 1.47 bits per heavy atom. The van der Waals surface area contributed by atoms with Crippen LogP contribution in [0.4, 0.5) is 4.79 Å². The topological polar surface area (TPSA) is 23.6 Å². The zero-order chi connectivity index (χ0) is 13.7. The molecule has 2 fully saturated rings. The molecule has 2 aliphatic rings. The van der Waals surface area contributed by atoms with Gasteiger partial charge in [0.1, 0.15) is 3.53 Å². The van der Waals surface area contributed by atoms with E-state index in [4.69, 9.17) is 12.2 Å². The van der Waals surface area contributed by atoms with Gasteiger partial charge in [-0.25, -0.2) is 0 Å². The predicted octanol–water partition coefficient (Wildman–Crippen LogP) is 2.78. The van der Waals surface area contributed by atoms with Gasteiger partial charge >= 0.3 is 0 Å². The molecule has 0 aromatic carbocycles. The lowest BCUT2D eigenvalue weighted by Crippen LogP contribution is -2.47. The zero-order valence-corrected chi connectivity index (χ0v) is 14.0. The molecule has 2 heterocycles. The summed E-state index contributed by atoms with van der Waals surface area (Å²) in [6.45, 7) is 8.25. The molecular weight excluding hydrogens is 316 g/mol. The van der Waals surface area contributed by atoms with Crippen LogP contribution in [0, 0.1) is 0 Å². The number of carbonyl (C=O) groups is 1. The molecule has 2 saturated heterocycles. The minimum Gasteiger partial charge on any atom is -0.331 e. The first-order valence-corrected chi connectivity index (χ1v) is 9.53. The van der Waals surface area contributed by atoms with Gasteiger partial charge in [-0.3, -0.25) is 9.69 Å². The van der Waals surface area contributed by atoms with Crippen LogP contribution in [0.25, 0.3) is 0 Å². The molecule has 106 valence electrons. The highest BCUT2D eigenvalue weighted by atomic mass is 32.2. The molecular formula is C12H18N2OS4. The summed E-state index contributed by atoms with van der Waals surface area (Å²) in [7, 11) is 0. The number of hydrogen-bond acceptors (Lipinski definition) is 6. The highest BCUT2D eigenvalue weighted by molar-refractivity contribution is 8.49. The van der Waals surface area contributed by atoms with Gasteiger partial charge in [0.25, 0.3) is 5.24 Å². The predicted molar refractivity (Wildman–Crippen MR) is 92.5 cm³/mol. The molecule has 0 bridgehead atoms. The van der Waals surface area contributed by atoms with E-state index in [-0.39, 0.29) is 5.24 Å². The Morgan fingerprint density at radius 2 is 2.21 bits per heavy atom. The lowest BCUT2D eigenvalue weighted by atomic mass is 10.3. The average Bonchev–Trinajstić information content (AvgIpc) is 2.83. The second-order valence-corrected chi connectivity index (χ2v) is 8.95.